The first-order valence-corrected chi connectivity index (χ1v) is 6.84. The number of carboxylic acid groups (broad SMARTS) is 1. The quantitative estimate of drug-likeness (QED) is 0.864. The molecule has 0 bridgehead atoms. The number of carboxylic acids is 1. The van der Waals surface area contributed by atoms with E-state index in [1.165, 1.54) is 6.92 Å². The summed E-state index contributed by atoms with van der Waals surface area (Å²) in [5.74, 6) is -2.03. The molecule has 0 spiro atoms. The van der Waals surface area contributed by atoms with Crippen LogP contribution in [-0.4, -0.2) is 25.5 Å². The molecule has 0 aliphatic heterocycles. The van der Waals surface area contributed by atoms with Gasteiger partial charge in [-0.2, -0.15) is 4.72 Å². The van der Waals surface area contributed by atoms with Gasteiger partial charge in [0.1, 0.15) is 11.9 Å². The van der Waals surface area contributed by atoms with Crippen molar-refractivity contribution in [2.24, 2.45) is 0 Å². The van der Waals surface area contributed by atoms with Gasteiger partial charge in [0.2, 0.25) is 10.0 Å². The SMILES string of the molecule is CC[C@@H](NS(=O)(=O)c1ccc(F)c(Cl)c1)C(=O)O. The van der Waals surface area contributed by atoms with Crippen molar-refractivity contribution in [3.8, 4) is 0 Å². The number of aliphatic carboxylic acids is 1. The summed E-state index contributed by atoms with van der Waals surface area (Å²) >= 11 is 5.47. The van der Waals surface area contributed by atoms with Crippen LogP contribution >= 0.6 is 11.6 Å². The minimum Gasteiger partial charge on any atom is -0.480 e. The van der Waals surface area contributed by atoms with E-state index in [-0.39, 0.29) is 16.3 Å². The van der Waals surface area contributed by atoms with Crippen LogP contribution in [0.3, 0.4) is 0 Å². The highest BCUT2D eigenvalue weighted by Crippen LogP contribution is 2.19. The molecule has 2 N–H and O–H groups in total. The van der Waals surface area contributed by atoms with Crippen LogP contribution in [0.5, 0.6) is 0 Å². The van der Waals surface area contributed by atoms with Gasteiger partial charge in [-0.3, -0.25) is 4.79 Å². The lowest BCUT2D eigenvalue weighted by molar-refractivity contribution is -0.139. The first kappa shape index (κ1) is 14.9. The van der Waals surface area contributed by atoms with Crippen LogP contribution in [0.4, 0.5) is 4.39 Å². The Bertz CT molecular complexity index is 561. The highest BCUT2D eigenvalue weighted by Gasteiger charge is 2.24. The van der Waals surface area contributed by atoms with Crippen molar-refractivity contribution in [2.75, 3.05) is 0 Å². The number of hydrogen-bond donors (Lipinski definition) is 2. The average Bonchev–Trinajstić information content (AvgIpc) is 2.29. The molecule has 0 aliphatic rings. The van der Waals surface area contributed by atoms with Gasteiger partial charge in [0.05, 0.1) is 9.92 Å². The Balaban J connectivity index is 3.06. The molecule has 0 saturated heterocycles. The standard InChI is InChI=1S/C10H11ClFNO4S/c1-2-9(10(14)15)13-18(16,17)6-3-4-8(12)7(11)5-6/h3-5,9,13H,2H2,1H3,(H,14,15)/t9-/m1/s1. The van der Waals surface area contributed by atoms with Crippen molar-refractivity contribution in [2.45, 2.75) is 24.3 Å². The third-order valence-corrected chi connectivity index (χ3v) is 3.96. The van der Waals surface area contributed by atoms with Gasteiger partial charge in [-0.15, -0.1) is 0 Å². The van der Waals surface area contributed by atoms with Gasteiger partial charge in [-0.05, 0) is 24.6 Å². The Morgan fingerprint density at radius 2 is 2.17 bits per heavy atom. The zero-order valence-corrected chi connectivity index (χ0v) is 10.9. The number of halogens is 2. The van der Waals surface area contributed by atoms with Crippen molar-refractivity contribution < 1.29 is 22.7 Å². The summed E-state index contributed by atoms with van der Waals surface area (Å²) in [6.07, 6.45) is 0.0868. The van der Waals surface area contributed by atoms with E-state index in [0.717, 1.165) is 18.2 Å². The Hall–Kier alpha value is -1.18. The van der Waals surface area contributed by atoms with Crippen molar-refractivity contribution in [1.82, 2.24) is 4.72 Å². The van der Waals surface area contributed by atoms with Crippen molar-refractivity contribution >= 4 is 27.6 Å². The third kappa shape index (κ3) is 3.41. The second kappa shape index (κ2) is 5.64. The maximum absolute atomic E-state index is 12.9. The lowest BCUT2D eigenvalue weighted by Gasteiger charge is -2.12. The van der Waals surface area contributed by atoms with Crippen LogP contribution in [0.1, 0.15) is 13.3 Å². The van der Waals surface area contributed by atoms with Gasteiger partial charge in [-0.1, -0.05) is 18.5 Å². The van der Waals surface area contributed by atoms with Crippen molar-refractivity contribution in [3.63, 3.8) is 0 Å². The van der Waals surface area contributed by atoms with Gasteiger partial charge in [0.15, 0.2) is 0 Å². The molecular formula is C10H11ClFNO4S. The normalized spacial score (nSPS) is 13.3. The zero-order valence-electron chi connectivity index (χ0n) is 9.35. The summed E-state index contributed by atoms with van der Waals surface area (Å²) in [4.78, 5) is 10.5. The van der Waals surface area contributed by atoms with E-state index in [0.29, 0.717) is 0 Å². The lowest BCUT2D eigenvalue weighted by atomic mass is 10.2. The van der Waals surface area contributed by atoms with Gasteiger partial charge in [0, 0.05) is 0 Å². The van der Waals surface area contributed by atoms with Gasteiger partial charge >= 0.3 is 5.97 Å². The second-order valence-electron chi connectivity index (χ2n) is 3.50. The Morgan fingerprint density at radius 1 is 1.56 bits per heavy atom. The van der Waals surface area contributed by atoms with E-state index in [9.17, 15) is 17.6 Å². The second-order valence-corrected chi connectivity index (χ2v) is 5.62. The van der Waals surface area contributed by atoms with E-state index in [4.69, 9.17) is 16.7 Å². The fraction of sp³-hybridized carbons (Fsp3) is 0.300. The fourth-order valence-electron chi connectivity index (χ4n) is 1.21. The van der Waals surface area contributed by atoms with Crippen LogP contribution in [-0.2, 0) is 14.8 Å². The maximum Gasteiger partial charge on any atom is 0.321 e. The third-order valence-electron chi connectivity index (χ3n) is 2.21. The molecule has 8 heteroatoms. The molecule has 1 aromatic carbocycles. The van der Waals surface area contributed by atoms with E-state index in [1.54, 1.807) is 0 Å². The first-order valence-electron chi connectivity index (χ1n) is 4.98. The van der Waals surface area contributed by atoms with Crippen molar-refractivity contribution in [1.29, 1.82) is 0 Å². The highest BCUT2D eigenvalue weighted by atomic mass is 35.5. The first-order chi connectivity index (χ1) is 8.27. The van der Waals surface area contributed by atoms with Crippen LogP contribution in [0, 0.1) is 5.82 Å². The molecule has 18 heavy (non-hydrogen) atoms. The lowest BCUT2D eigenvalue weighted by Crippen LogP contribution is -2.40. The van der Waals surface area contributed by atoms with E-state index in [1.807, 2.05) is 4.72 Å². The molecule has 0 saturated carbocycles. The summed E-state index contributed by atoms with van der Waals surface area (Å²) < 4.78 is 38.5. The Kier molecular flexibility index (Phi) is 4.66. The predicted molar refractivity (Wildman–Crippen MR) is 63.4 cm³/mol. The monoisotopic (exact) mass is 295 g/mol. The minimum absolute atomic E-state index is 0.0868. The highest BCUT2D eigenvalue weighted by molar-refractivity contribution is 7.89. The number of benzene rings is 1. The predicted octanol–water partition coefficient (Wildman–Crippen LogP) is 1.62. The Morgan fingerprint density at radius 3 is 2.61 bits per heavy atom. The molecule has 1 rings (SSSR count). The molecule has 1 aromatic rings. The number of nitrogens with one attached hydrogen (secondary N) is 1. The molecule has 100 valence electrons. The number of carbonyl (C=O) groups is 1. The molecule has 5 nitrogen and oxygen atoms in total. The number of rotatable bonds is 5. The van der Waals surface area contributed by atoms with Crippen molar-refractivity contribution in [3.05, 3.63) is 29.0 Å². The number of hydrogen-bond acceptors (Lipinski definition) is 3. The van der Waals surface area contributed by atoms with E-state index >= 15 is 0 Å². The molecule has 1 atom stereocenters. The van der Waals surface area contributed by atoms with Crippen LogP contribution in [0.25, 0.3) is 0 Å². The molecule has 0 heterocycles. The summed E-state index contributed by atoms with van der Waals surface area (Å²) in [7, 11) is -4.04. The smallest absolute Gasteiger partial charge is 0.321 e. The molecule has 0 unspecified atom stereocenters. The average molecular weight is 296 g/mol. The molecule has 0 radical (unpaired) electrons. The van der Waals surface area contributed by atoms with Crippen LogP contribution in [0.15, 0.2) is 23.1 Å². The van der Waals surface area contributed by atoms with E-state index in [2.05, 4.69) is 0 Å². The largest absolute Gasteiger partial charge is 0.480 e. The Labute approximate surface area is 109 Å². The molecule has 0 fully saturated rings. The molecular weight excluding hydrogens is 285 g/mol. The summed E-state index contributed by atoms with van der Waals surface area (Å²) in [6, 6.07) is 1.60. The fourth-order valence-corrected chi connectivity index (χ4v) is 2.75. The summed E-state index contributed by atoms with van der Waals surface area (Å²) in [5, 5.41) is 8.42. The topological polar surface area (TPSA) is 83.5 Å². The molecule has 0 aliphatic carbocycles. The molecule has 0 amide bonds. The van der Waals surface area contributed by atoms with Crippen LogP contribution < -0.4 is 4.72 Å². The molecule has 0 aromatic heterocycles. The van der Waals surface area contributed by atoms with E-state index < -0.39 is 27.9 Å². The summed E-state index contributed by atoms with van der Waals surface area (Å²) in [5.41, 5.74) is 0. The van der Waals surface area contributed by atoms with Gasteiger partial charge in [0.25, 0.3) is 0 Å². The van der Waals surface area contributed by atoms with Gasteiger partial charge in [-0.25, -0.2) is 12.8 Å². The maximum atomic E-state index is 12.9. The zero-order chi connectivity index (χ0) is 13.9. The summed E-state index contributed by atoms with van der Waals surface area (Å²) in [6.45, 7) is 1.53. The minimum atomic E-state index is -4.04. The number of sulfonamides is 1. The van der Waals surface area contributed by atoms with Gasteiger partial charge < -0.3 is 5.11 Å². The van der Waals surface area contributed by atoms with Crippen LogP contribution in [0.2, 0.25) is 5.02 Å².